The second-order valence-electron chi connectivity index (χ2n) is 3.49. The molecule has 0 aromatic carbocycles. The summed E-state index contributed by atoms with van der Waals surface area (Å²) in [7, 11) is 0. The van der Waals surface area contributed by atoms with Crippen molar-refractivity contribution in [2.75, 3.05) is 13.3 Å². The third-order valence-corrected chi connectivity index (χ3v) is 1.58. The van der Waals surface area contributed by atoms with Gasteiger partial charge >= 0.3 is 0 Å². The van der Waals surface area contributed by atoms with Crippen molar-refractivity contribution in [2.45, 2.75) is 13.8 Å². The van der Waals surface area contributed by atoms with E-state index in [4.69, 9.17) is 10.6 Å². The highest BCUT2D eigenvalue weighted by Crippen LogP contribution is 1.95. The number of nitrogens with zero attached hydrogens (tertiary/aromatic N) is 1. The lowest BCUT2D eigenvalue weighted by Crippen LogP contribution is -2.12. The molecular weight excluding hydrogens is 233 g/mol. The predicted octanol–water partition coefficient (Wildman–Crippen LogP) is 2.38. The first-order valence-electron chi connectivity index (χ1n) is 5.55. The Morgan fingerprint density at radius 1 is 1.33 bits per heavy atom. The summed E-state index contributed by atoms with van der Waals surface area (Å²) in [6.45, 7) is 3.79. The first-order valence-corrected chi connectivity index (χ1v) is 5.55. The average molecular weight is 253 g/mol. The molecule has 0 amide bonds. The molecule has 0 heterocycles. The molecule has 0 radical (unpaired) electrons. The number of hydrogen-bond acceptors (Lipinski definition) is 4. The Kier molecular flexibility index (Phi) is 10.4. The van der Waals surface area contributed by atoms with Crippen LogP contribution in [0.5, 0.6) is 0 Å². The molecule has 0 unspecified atom stereocenters. The Bertz CT molecular complexity index is 353. The minimum absolute atomic E-state index is 0.364. The molecule has 0 saturated heterocycles. The van der Waals surface area contributed by atoms with Crippen molar-refractivity contribution in [3.63, 3.8) is 0 Å². The van der Waals surface area contributed by atoms with E-state index in [-0.39, 0.29) is 0 Å². The minimum atomic E-state index is -0.466. The quantitative estimate of drug-likeness (QED) is 0.241. The molecule has 4 nitrogen and oxygen atoms in total. The summed E-state index contributed by atoms with van der Waals surface area (Å²) in [5.74, 6) is 5.56. The average Bonchev–Trinajstić information content (AvgIpc) is 2.33. The summed E-state index contributed by atoms with van der Waals surface area (Å²) in [5, 5.41) is 0. The molecule has 0 rings (SSSR count). The van der Waals surface area contributed by atoms with Gasteiger partial charge in [0.25, 0.3) is 0 Å². The monoisotopic (exact) mass is 253 g/mol. The van der Waals surface area contributed by atoms with Crippen molar-refractivity contribution in [2.24, 2.45) is 10.8 Å². The van der Waals surface area contributed by atoms with Crippen molar-refractivity contribution in [1.29, 1.82) is 0 Å². The van der Waals surface area contributed by atoms with E-state index < -0.39 is 6.67 Å². The van der Waals surface area contributed by atoms with Crippen LogP contribution in [0.2, 0.25) is 0 Å². The molecule has 0 atom stereocenters. The number of aliphatic imine (C=N–C) groups is 1. The van der Waals surface area contributed by atoms with Gasteiger partial charge in [0.1, 0.15) is 13.3 Å². The molecule has 3 N–H and O–H groups in total. The van der Waals surface area contributed by atoms with Gasteiger partial charge in [0.15, 0.2) is 0 Å². The summed E-state index contributed by atoms with van der Waals surface area (Å²) in [6, 6.07) is 0. The second-order valence-corrected chi connectivity index (χ2v) is 3.49. The zero-order valence-electron chi connectivity index (χ0n) is 10.8. The molecule has 0 aliphatic rings. The minimum Gasteiger partial charge on any atom is -0.473 e. The molecule has 0 aromatic heterocycles. The van der Waals surface area contributed by atoms with Gasteiger partial charge in [-0.1, -0.05) is 23.8 Å². The number of nitrogens with one attached hydrogen (secondary N) is 1. The van der Waals surface area contributed by atoms with Crippen LogP contribution >= 0.6 is 0 Å². The third-order valence-electron chi connectivity index (χ3n) is 1.58. The fourth-order valence-corrected chi connectivity index (χ4v) is 0.915. The topological polar surface area (TPSA) is 59.6 Å². The van der Waals surface area contributed by atoms with Crippen molar-refractivity contribution in [3.05, 3.63) is 48.4 Å². The van der Waals surface area contributed by atoms with Gasteiger partial charge in [-0.25, -0.2) is 9.38 Å². The maximum absolute atomic E-state index is 11.7. The number of ether oxygens (including phenoxy) is 1. The smallest absolute Gasteiger partial charge is 0.213 e. The van der Waals surface area contributed by atoms with Crippen LogP contribution < -0.4 is 11.3 Å². The molecule has 100 valence electrons. The molecule has 0 spiro atoms. The number of nitrogens with two attached hydrogens (primary N) is 1. The van der Waals surface area contributed by atoms with Crippen LogP contribution in [0.1, 0.15) is 13.8 Å². The molecule has 0 bridgehead atoms. The van der Waals surface area contributed by atoms with Gasteiger partial charge in [-0.2, -0.15) is 0 Å². The van der Waals surface area contributed by atoms with Gasteiger partial charge in [0.2, 0.25) is 5.90 Å². The van der Waals surface area contributed by atoms with Gasteiger partial charge in [0.05, 0.1) is 0 Å². The van der Waals surface area contributed by atoms with E-state index in [1.807, 2.05) is 19.9 Å². The Labute approximate surface area is 107 Å². The van der Waals surface area contributed by atoms with E-state index in [2.05, 4.69) is 10.4 Å². The fraction of sp³-hybridized carbons (Fsp3) is 0.308. The third kappa shape index (κ3) is 10.6. The van der Waals surface area contributed by atoms with E-state index in [9.17, 15) is 4.39 Å². The van der Waals surface area contributed by atoms with E-state index in [1.165, 1.54) is 18.5 Å². The fourth-order valence-electron chi connectivity index (χ4n) is 0.915. The molecule has 0 fully saturated rings. The molecule has 5 heteroatoms. The number of alkyl halides is 1. The molecule has 0 aromatic rings. The SMILES string of the molecule is CC(C)=CC(=N/C=C/NN)OC/C=C\C=C/CF. The summed E-state index contributed by atoms with van der Waals surface area (Å²) in [4.78, 5) is 4.07. The van der Waals surface area contributed by atoms with Crippen LogP contribution in [0.4, 0.5) is 4.39 Å². The van der Waals surface area contributed by atoms with Crippen molar-refractivity contribution in [1.82, 2.24) is 5.43 Å². The van der Waals surface area contributed by atoms with E-state index in [0.717, 1.165) is 5.57 Å². The zero-order chi connectivity index (χ0) is 13.6. The highest BCUT2D eigenvalue weighted by atomic mass is 19.1. The van der Waals surface area contributed by atoms with Crippen LogP contribution in [-0.4, -0.2) is 19.2 Å². The number of hydrogen-bond donors (Lipinski definition) is 2. The molecule has 18 heavy (non-hydrogen) atoms. The van der Waals surface area contributed by atoms with Crippen molar-refractivity contribution >= 4 is 5.90 Å². The zero-order valence-corrected chi connectivity index (χ0v) is 10.8. The summed E-state index contributed by atoms with van der Waals surface area (Å²) in [5.41, 5.74) is 3.42. The Morgan fingerprint density at radius 2 is 2.06 bits per heavy atom. The lowest BCUT2D eigenvalue weighted by molar-refractivity contribution is 0.353. The number of rotatable bonds is 7. The van der Waals surface area contributed by atoms with Gasteiger partial charge in [-0.05, 0) is 26.0 Å². The van der Waals surface area contributed by atoms with E-state index in [1.54, 1.807) is 18.2 Å². The molecule has 0 aliphatic heterocycles. The second kappa shape index (κ2) is 11.6. The Hall–Kier alpha value is -1.88. The van der Waals surface area contributed by atoms with Crippen LogP contribution in [0.25, 0.3) is 0 Å². The van der Waals surface area contributed by atoms with Gasteiger partial charge in [-0.3, -0.25) is 5.84 Å². The van der Waals surface area contributed by atoms with E-state index >= 15 is 0 Å². The lowest BCUT2D eigenvalue weighted by atomic mass is 10.3. The number of hydrazine groups is 1. The first kappa shape index (κ1) is 16.1. The standard InChI is InChI=1S/C13H20FN3O/c1-12(2)11-13(16-8-9-17-15)18-10-6-4-3-5-7-14/h3-6,8-9,11,17H,7,10,15H2,1-2H3/b5-3-,6-4-,9-8+,16-13?. The summed E-state index contributed by atoms with van der Waals surface area (Å²) < 4.78 is 17.2. The molecular formula is C13H20FN3O. The van der Waals surface area contributed by atoms with E-state index in [0.29, 0.717) is 12.5 Å². The number of allylic oxidation sites excluding steroid dienone is 4. The summed E-state index contributed by atoms with van der Waals surface area (Å²) in [6.07, 6.45) is 11.3. The summed E-state index contributed by atoms with van der Waals surface area (Å²) >= 11 is 0. The van der Waals surface area contributed by atoms with Crippen LogP contribution in [0.15, 0.2) is 53.3 Å². The highest BCUT2D eigenvalue weighted by molar-refractivity contribution is 5.88. The van der Waals surface area contributed by atoms with Crippen molar-refractivity contribution < 1.29 is 9.13 Å². The molecule has 0 saturated carbocycles. The van der Waals surface area contributed by atoms with Crippen molar-refractivity contribution in [3.8, 4) is 0 Å². The van der Waals surface area contributed by atoms with Crippen LogP contribution in [0, 0.1) is 0 Å². The maximum atomic E-state index is 11.7. The predicted molar refractivity (Wildman–Crippen MR) is 73.5 cm³/mol. The molecule has 0 aliphatic carbocycles. The first-order chi connectivity index (χ1) is 8.70. The normalized spacial score (nSPS) is 12.6. The maximum Gasteiger partial charge on any atom is 0.213 e. The van der Waals surface area contributed by atoms with Gasteiger partial charge in [0, 0.05) is 12.4 Å². The largest absolute Gasteiger partial charge is 0.473 e. The number of halogens is 1. The Balaban J connectivity index is 4.30. The van der Waals surface area contributed by atoms with Gasteiger partial charge in [-0.15, -0.1) is 0 Å². The van der Waals surface area contributed by atoms with Crippen LogP contribution in [0.3, 0.4) is 0 Å². The van der Waals surface area contributed by atoms with Crippen LogP contribution in [-0.2, 0) is 4.74 Å². The Morgan fingerprint density at radius 3 is 2.67 bits per heavy atom. The highest BCUT2D eigenvalue weighted by Gasteiger charge is 1.92. The lowest BCUT2D eigenvalue weighted by Gasteiger charge is -2.02. The van der Waals surface area contributed by atoms with Gasteiger partial charge < -0.3 is 10.2 Å².